The Bertz CT molecular complexity index is 912. The molecule has 3 rings (SSSR count). The number of anilines is 3. The third-order valence-corrected chi connectivity index (χ3v) is 5.41. The van der Waals surface area contributed by atoms with Gasteiger partial charge in [0.1, 0.15) is 6.33 Å². The molecule has 1 aliphatic rings. The van der Waals surface area contributed by atoms with E-state index in [1.807, 2.05) is 0 Å². The maximum atomic E-state index is 11.3. The summed E-state index contributed by atoms with van der Waals surface area (Å²) in [5, 5.41) is 8.23. The third kappa shape index (κ3) is 5.82. The van der Waals surface area contributed by atoms with Gasteiger partial charge in [0.15, 0.2) is 0 Å². The van der Waals surface area contributed by atoms with Crippen LogP contribution in [0.5, 0.6) is 0 Å². The van der Waals surface area contributed by atoms with Gasteiger partial charge in [-0.15, -0.1) is 0 Å². The first kappa shape index (κ1) is 21.4. The van der Waals surface area contributed by atoms with Gasteiger partial charge in [-0.3, -0.25) is 0 Å². The Morgan fingerprint density at radius 3 is 2.48 bits per heavy atom. The summed E-state index contributed by atoms with van der Waals surface area (Å²) in [4.78, 5) is 15.2. The van der Waals surface area contributed by atoms with Crippen molar-refractivity contribution in [3.8, 4) is 0 Å². The molecule has 1 fully saturated rings. The quantitative estimate of drug-likeness (QED) is 0.608. The number of nitrogens with one attached hydrogen (secondary N) is 1. The van der Waals surface area contributed by atoms with Crippen molar-refractivity contribution in [3.05, 3.63) is 36.2 Å². The zero-order chi connectivity index (χ0) is 20.9. The van der Waals surface area contributed by atoms with E-state index in [2.05, 4.69) is 25.2 Å². The van der Waals surface area contributed by atoms with Crippen molar-refractivity contribution in [2.24, 2.45) is 5.14 Å². The molecule has 1 aliphatic heterocycles. The average molecular weight is 423 g/mol. The molecule has 1 saturated heterocycles. The van der Waals surface area contributed by atoms with E-state index in [1.54, 1.807) is 38.5 Å². The van der Waals surface area contributed by atoms with Crippen LogP contribution in [0.3, 0.4) is 0 Å². The molecule has 10 nitrogen and oxygen atoms in total. The number of hydrogen-bond acceptors (Lipinski definition) is 9. The van der Waals surface area contributed by atoms with E-state index in [0.717, 1.165) is 12.8 Å². The zero-order valence-electron chi connectivity index (χ0n) is 16.5. The normalized spacial score (nSPS) is 19.5. The summed E-state index contributed by atoms with van der Waals surface area (Å²) in [6.45, 7) is 1.15. The first-order valence-electron chi connectivity index (χ1n) is 9.21. The Morgan fingerprint density at radius 2 is 1.86 bits per heavy atom. The van der Waals surface area contributed by atoms with Gasteiger partial charge in [0.25, 0.3) is 0 Å². The smallest absolute Gasteiger partial charge is 0.231 e. The minimum absolute atomic E-state index is 0.161. The molecule has 0 bridgehead atoms. The van der Waals surface area contributed by atoms with E-state index < -0.39 is 10.0 Å². The van der Waals surface area contributed by atoms with Crippen LogP contribution >= 0.6 is 0 Å². The predicted octanol–water partition coefficient (Wildman–Crippen LogP) is 1.03. The van der Waals surface area contributed by atoms with E-state index >= 15 is 0 Å². The van der Waals surface area contributed by atoms with Crippen LogP contribution in [0.2, 0.25) is 0 Å². The van der Waals surface area contributed by atoms with Crippen molar-refractivity contribution in [1.82, 2.24) is 15.0 Å². The Kier molecular flexibility index (Phi) is 6.96. The highest BCUT2D eigenvalue weighted by atomic mass is 32.2. The second kappa shape index (κ2) is 9.44. The van der Waals surface area contributed by atoms with Crippen molar-refractivity contribution in [2.75, 3.05) is 37.7 Å². The molecule has 2 atom stereocenters. The third-order valence-electron chi connectivity index (χ3n) is 4.68. The average Bonchev–Trinajstić information content (AvgIpc) is 3.04. The molecule has 2 aromatic rings. The standard InChI is InChI=1S/C18H26N6O4S/c1-27-9-15-6-7-16(10-28-2)24(15)18-21-12-20-17(23-18)22-14-5-3-4-13(8-14)11-29(19,25)26/h3-5,8,12,15-16H,6-7,9-11H2,1-2H3,(H2,19,25,26)(H,20,21,22,23)/t15-,16?/m1/s1. The number of nitrogens with zero attached hydrogens (tertiary/aromatic N) is 4. The van der Waals surface area contributed by atoms with Crippen LogP contribution < -0.4 is 15.4 Å². The molecular weight excluding hydrogens is 396 g/mol. The summed E-state index contributed by atoms with van der Waals surface area (Å²) < 4.78 is 33.4. The van der Waals surface area contributed by atoms with Crippen molar-refractivity contribution < 1.29 is 17.9 Å². The van der Waals surface area contributed by atoms with E-state index in [0.29, 0.717) is 36.4 Å². The van der Waals surface area contributed by atoms with Crippen LogP contribution in [0, 0.1) is 0 Å². The second-order valence-electron chi connectivity index (χ2n) is 6.94. The highest BCUT2D eigenvalue weighted by molar-refractivity contribution is 7.88. The number of primary sulfonamides is 1. The van der Waals surface area contributed by atoms with E-state index in [1.165, 1.54) is 6.33 Å². The van der Waals surface area contributed by atoms with Crippen LogP contribution in [0.25, 0.3) is 0 Å². The molecule has 29 heavy (non-hydrogen) atoms. The molecule has 2 heterocycles. The highest BCUT2D eigenvalue weighted by Gasteiger charge is 2.35. The Labute approximate surface area is 170 Å². The number of rotatable bonds is 9. The van der Waals surface area contributed by atoms with Gasteiger partial charge in [-0.25, -0.2) is 23.5 Å². The largest absolute Gasteiger partial charge is 0.383 e. The van der Waals surface area contributed by atoms with Crippen LogP contribution in [0.15, 0.2) is 30.6 Å². The second-order valence-corrected chi connectivity index (χ2v) is 8.56. The number of nitrogens with two attached hydrogens (primary N) is 1. The first-order valence-corrected chi connectivity index (χ1v) is 10.9. The molecule has 0 aliphatic carbocycles. The number of hydrogen-bond donors (Lipinski definition) is 2. The van der Waals surface area contributed by atoms with Gasteiger partial charge in [-0.2, -0.15) is 4.98 Å². The van der Waals surface area contributed by atoms with E-state index in [4.69, 9.17) is 14.6 Å². The summed E-state index contributed by atoms with van der Waals surface area (Å²) in [7, 11) is -0.253. The Balaban J connectivity index is 1.81. The Morgan fingerprint density at radius 1 is 1.17 bits per heavy atom. The number of sulfonamides is 1. The predicted molar refractivity (Wildman–Crippen MR) is 109 cm³/mol. The summed E-state index contributed by atoms with van der Waals surface area (Å²) in [5.41, 5.74) is 1.23. The summed E-state index contributed by atoms with van der Waals surface area (Å²) in [5.74, 6) is 0.669. The van der Waals surface area contributed by atoms with Gasteiger partial charge in [0, 0.05) is 19.9 Å². The molecule has 158 valence electrons. The number of ether oxygens (including phenoxy) is 2. The van der Waals surface area contributed by atoms with Crippen LogP contribution in [-0.2, 0) is 25.2 Å². The fourth-order valence-corrected chi connectivity index (χ4v) is 4.22. The molecule has 1 unspecified atom stereocenters. The van der Waals surface area contributed by atoms with Gasteiger partial charge >= 0.3 is 0 Å². The van der Waals surface area contributed by atoms with Crippen LogP contribution in [0.1, 0.15) is 18.4 Å². The van der Waals surface area contributed by atoms with Gasteiger partial charge in [-0.05, 0) is 30.5 Å². The minimum atomic E-state index is -3.61. The lowest BCUT2D eigenvalue weighted by Crippen LogP contribution is -2.42. The van der Waals surface area contributed by atoms with Crippen LogP contribution in [-0.4, -0.2) is 62.9 Å². The highest BCUT2D eigenvalue weighted by Crippen LogP contribution is 2.29. The first-order chi connectivity index (χ1) is 13.9. The molecular formula is C18H26N6O4S. The molecule has 11 heteroatoms. The lowest BCUT2D eigenvalue weighted by atomic mass is 10.2. The fourth-order valence-electron chi connectivity index (χ4n) is 3.57. The van der Waals surface area contributed by atoms with Gasteiger partial charge in [0.05, 0.1) is 31.1 Å². The van der Waals surface area contributed by atoms with E-state index in [9.17, 15) is 8.42 Å². The van der Waals surface area contributed by atoms with Crippen molar-refractivity contribution >= 4 is 27.6 Å². The minimum Gasteiger partial charge on any atom is -0.383 e. The number of methoxy groups -OCH3 is 2. The number of benzene rings is 1. The molecule has 0 amide bonds. The number of aromatic nitrogens is 3. The molecule has 1 aromatic heterocycles. The Hall–Kier alpha value is -2.34. The van der Waals surface area contributed by atoms with Crippen molar-refractivity contribution in [1.29, 1.82) is 0 Å². The van der Waals surface area contributed by atoms with E-state index in [-0.39, 0.29) is 17.8 Å². The van der Waals surface area contributed by atoms with Gasteiger partial charge in [0.2, 0.25) is 21.9 Å². The molecule has 3 N–H and O–H groups in total. The summed E-state index contributed by atoms with van der Waals surface area (Å²) in [6.07, 6.45) is 3.38. The summed E-state index contributed by atoms with van der Waals surface area (Å²) >= 11 is 0. The monoisotopic (exact) mass is 422 g/mol. The lowest BCUT2D eigenvalue weighted by Gasteiger charge is -2.29. The molecule has 0 spiro atoms. The maximum absolute atomic E-state index is 11.3. The van der Waals surface area contributed by atoms with Gasteiger partial charge < -0.3 is 19.7 Å². The SMILES string of the molecule is COCC1CC[C@H](COC)N1c1ncnc(Nc2cccc(CS(N)(=O)=O)c2)n1. The van der Waals surface area contributed by atoms with Gasteiger partial charge in [-0.1, -0.05) is 12.1 Å². The summed E-state index contributed by atoms with van der Waals surface area (Å²) in [6, 6.07) is 7.26. The lowest BCUT2D eigenvalue weighted by molar-refractivity contribution is 0.166. The molecule has 0 radical (unpaired) electrons. The molecule has 1 aromatic carbocycles. The topological polar surface area (TPSA) is 133 Å². The zero-order valence-corrected chi connectivity index (χ0v) is 17.3. The maximum Gasteiger partial charge on any atom is 0.231 e. The van der Waals surface area contributed by atoms with Crippen molar-refractivity contribution in [3.63, 3.8) is 0 Å². The molecule has 0 saturated carbocycles. The van der Waals surface area contributed by atoms with Crippen LogP contribution in [0.4, 0.5) is 17.6 Å². The van der Waals surface area contributed by atoms with Crippen molar-refractivity contribution in [2.45, 2.75) is 30.7 Å². The fraction of sp³-hybridized carbons (Fsp3) is 0.500.